The van der Waals surface area contributed by atoms with Gasteiger partial charge in [-0.15, -0.1) is 0 Å². The second-order valence-electron chi connectivity index (χ2n) is 7.75. The number of anilines is 2. The summed E-state index contributed by atoms with van der Waals surface area (Å²) < 4.78 is 5.39. The highest BCUT2D eigenvalue weighted by molar-refractivity contribution is 5.94. The van der Waals surface area contributed by atoms with Gasteiger partial charge < -0.3 is 25.0 Å². The van der Waals surface area contributed by atoms with Gasteiger partial charge in [-0.25, -0.2) is 9.78 Å². The number of amides is 2. The van der Waals surface area contributed by atoms with Crippen LogP contribution in [-0.2, 0) is 9.53 Å². The Morgan fingerprint density at radius 1 is 1.17 bits per heavy atom. The Labute approximate surface area is 175 Å². The van der Waals surface area contributed by atoms with Crippen LogP contribution in [0.25, 0.3) is 11.1 Å². The number of morpholine rings is 1. The van der Waals surface area contributed by atoms with Crippen molar-refractivity contribution in [1.29, 1.82) is 0 Å². The molecule has 158 valence electrons. The Morgan fingerprint density at radius 2 is 1.90 bits per heavy atom. The number of rotatable bonds is 3. The zero-order valence-electron chi connectivity index (χ0n) is 17.2. The molecule has 1 fully saturated rings. The summed E-state index contributed by atoms with van der Waals surface area (Å²) in [7, 11) is 0. The van der Waals surface area contributed by atoms with E-state index in [4.69, 9.17) is 4.74 Å². The first kappa shape index (κ1) is 20.2. The molecule has 1 aromatic heterocycles. The van der Waals surface area contributed by atoms with Crippen molar-refractivity contribution in [2.45, 2.75) is 32.4 Å². The van der Waals surface area contributed by atoms with Gasteiger partial charge in [0.05, 0.1) is 19.3 Å². The van der Waals surface area contributed by atoms with Crippen molar-refractivity contribution in [1.82, 2.24) is 10.3 Å². The number of ether oxygens (including phenoxy) is 1. The maximum atomic E-state index is 12.2. The molecule has 0 spiro atoms. The lowest BCUT2D eigenvalue weighted by Gasteiger charge is -2.39. The van der Waals surface area contributed by atoms with Crippen LogP contribution in [0.2, 0.25) is 0 Å². The number of nitrogens with zero attached hydrogens (tertiary/aromatic N) is 3. The highest BCUT2D eigenvalue weighted by atomic mass is 16.5. The van der Waals surface area contributed by atoms with E-state index >= 15 is 0 Å². The number of aromatic nitrogens is 1. The molecule has 1 saturated heterocycles. The van der Waals surface area contributed by atoms with Crippen molar-refractivity contribution in [3.8, 4) is 11.1 Å². The van der Waals surface area contributed by atoms with Gasteiger partial charge in [0, 0.05) is 43.5 Å². The first-order chi connectivity index (χ1) is 14.4. The minimum Gasteiger partial charge on any atom is -0.465 e. The van der Waals surface area contributed by atoms with E-state index in [9.17, 15) is 14.7 Å². The van der Waals surface area contributed by atoms with Crippen LogP contribution < -0.4 is 15.1 Å². The number of nitrogens with one attached hydrogen (secondary N) is 1. The van der Waals surface area contributed by atoms with Crippen LogP contribution in [0.1, 0.15) is 31.9 Å². The fraction of sp³-hybridized carbons (Fsp3) is 0.409. The lowest BCUT2D eigenvalue weighted by molar-refractivity contribution is -0.117. The van der Waals surface area contributed by atoms with Gasteiger partial charge in [0.25, 0.3) is 0 Å². The molecule has 2 N–H and O–H groups in total. The van der Waals surface area contributed by atoms with E-state index in [0.717, 1.165) is 41.3 Å². The summed E-state index contributed by atoms with van der Waals surface area (Å²) in [4.78, 5) is 32.1. The minimum absolute atomic E-state index is 0.0539. The summed E-state index contributed by atoms with van der Waals surface area (Å²) in [6, 6.07) is 9.37. The van der Waals surface area contributed by atoms with Crippen molar-refractivity contribution >= 4 is 23.5 Å². The molecule has 0 unspecified atom stereocenters. The fourth-order valence-corrected chi connectivity index (χ4v) is 4.35. The maximum absolute atomic E-state index is 12.2. The largest absolute Gasteiger partial charge is 0.465 e. The zero-order valence-corrected chi connectivity index (χ0v) is 17.2. The average Bonchev–Trinajstić information content (AvgIpc) is 2.73. The summed E-state index contributed by atoms with van der Waals surface area (Å²) in [6.07, 6.45) is 1.29. The molecule has 2 aliphatic heterocycles. The smallest absolute Gasteiger partial charge is 0.405 e. The lowest BCUT2D eigenvalue weighted by atomic mass is 9.89. The van der Waals surface area contributed by atoms with E-state index in [-0.39, 0.29) is 18.0 Å². The number of carboxylic acid groups (broad SMARTS) is 1. The maximum Gasteiger partial charge on any atom is 0.405 e. The number of carbonyl (C=O) groups is 2. The van der Waals surface area contributed by atoms with Crippen LogP contribution in [0, 0.1) is 0 Å². The Hall–Kier alpha value is -3.13. The topological polar surface area (TPSA) is 95.0 Å². The molecule has 2 atom stereocenters. The third-order valence-corrected chi connectivity index (χ3v) is 5.73. The van der Waals surface area contributed by atoms with E-state index in [1.807, 2.05) is 43.5 Å². The second kappa shape index (κ2) is 8.31. The number of hydrogen-bond acceptors (Lipinski definition) is 5. The average molecular weight is 410 g/mol. The predicted molar refractivity (Wildman–Crippen MR) is 114 cm³/mol. The van der Waals surface area contributed by atoms with Crippen LogP contribution in [0.4, 0.5) is 16.3 Å². The lowest BCUT2D eigenvalue weighted by Crippen LogP contribution is -2.45. The van der Waals surface area contributed by atoms with E-state index in [1.54, 1.807) is 4.90 Å². The summed E-state index contributed by atoms with van der Waals surface area (Å²) in [5.41, 5.74) is 3.43. The quantitative estimate of drug-likeness (QED) is 0.808. The highest BCUT2D eigenvalue weighted by Gasteiger charge is 2.33. The van der Waals surface area contributed by atoms with Gasteiger partial charge >= 0.3 is 6.09 Å². The standard InChI is InChI=1S/C22H26N4O4/c1-14-11-19(24-22(28)29)18-12-16(3-5-20(18)26(14)15(2)27)17-4-6-21(23-13-17)25-7-9-30-10-8-25/h3-6,12-14,19,24H,7-11H2,1-2H3,(H,28,29)/t14-,19+/m1/s1. The fourth-order valence-electron chi connectivity index (χ4n) is 4.35. The van der Waals surface area contributed by atoms with E-state index < -0.39 is 6.09 Å². The molecule has 4 rings (SSSR count). The van der Waals surface area contributed by atoms with E-state index in [0.29, 0.717) is 19.6 Å². The van der Waals surface area contributed by atoms with Gasteiger partial charge in [-0.3, -0.25) is 4.79 Å². The summed E-state index contributed by atoms with van der Waals surface area (Å²) in [5.74, 6) is 0.865. The first-order valence-electron chi connectivity index (χ1n) is 10.2. The molecule has 3 heterocycles. The summed E-state index contributed by atoms with van der Waals surface area (Å²) in [6.45, 7) is 6.53. The molecule has 0 radical (unpaired) electrons. The van der Waals surface area contributed by atoms with Gasteiger partial charge in [-0.1, -0.05) is 6.07 Å². The zero-order chi connectivity index (χ0) is 21.3. The van der Waals surface area contributed by atoms with Crippen LogP contribution in [0.15, 0.2) is 36.5 Å². The molecule has 8 nitrogen and oxygen atoms in total. The Bertz CT molecular complexity index is 941. The SMILES string of the molecule is CC(=O)N1c2ccc(-c3ccc(N4CCOCC4)nc3)cc2[C@@H](NC(=O)O)C[C@H]1C. The molecule has 2 aromatic rings. The van der Waals surface area contributed by atoms with E-state index in [1.165, 1.54) is 6.92 Å². The van der Waals surface area contributed by atoms with Crippen molar-refractivity contribution in [2.24, 2.45) is 0 Å². The van der Waals surface area contributed by atoms with Gasteiger partial charge in [0.1, 0.15) is 5.82 Å². The molecule has 0 aliphatic carbocycles. The third-order valence-electron chi connectivity index (χ3n) is 5.73. The highest BCUT2D eigenvalue weighted by Crippen LogP contribution is 2.39. The van der Waals surface area contributed by atoms with Crippen LogP contribution in [0.3, 0.4) is 0 Å². The molecule has 8 heteroatoms. The van der Waals surface area contributed by atoms with Gasteiger partial charge in [0.15, 0.2) is 0 Å². The molecule has 1 aromatic carbocycles. The monoisotopic (exact) mass is 410 g/mol. The number of carbonyl (C=O) groups excluding carboxylic acids is 1. The van der Waals surface area contributed by atoms with Crippen LogP contribution in [-0.4, -0.2) is 54.4 Å². The van der Waals surface area contributed by atoms with Gasteiger partial charge in [-0.2, -0.15) is 0 Å². The first-order valence-corrected chi connectivity index (χ1v) is 10.2. The Balaban J connectivity index is 1.67. The van der Waals surface area contributed by atoms with Crippen molar-refractivity contribution in [2.75, 3.05) is 36.1 Å². The molecular formula is C22H26N4O4. The predicted octanol–water partition coefficient (Wildman–Crippen LogP) is 3.04. The van der Waals surface area contributed by atoms with Gasteiger partial charge in [-0.05, 0) is 48.7 Å². The number of pyridine rings is 1. The normalized spacial score (nSPS) is 21.1. The second-order valence-corrected chi connectivity index (χ2v) is 7.75. The Morgan fingerprint density at radius 3 is 2.53 bits per heavy atom. The van der Waals surface area contributed by atoms with Crippen molar-refractivity contribution in [3.63, 3.8) is 0 Å². The van der Waals surface area contributed by atoms with Crippen molar-refractivity contribution in [3.05, 3.63) is 42.1 Å². The molecule has 0 bridgehead atoms. The Kier molecular flexibility index (Phi) is 5.59. The van der Waals surface area contributed by atoms with Crippen LogP contribution in [0.5, 0.6) is 0 Å². The molecule has 2 aliphatic rings. The molecule has 30 heavy (non-hydrogen) atoms. The number of fused-ring (bicyclic) bond motifs is 1. The van der Waals surface area contributed by atoms with Crippen molar-refractivity contribution < 1.29 is 19.4 Å². The molecule has 0 saturated carbocycles. The summed E-state index contributed by atoms with van der Waals surface area (Å²) >= 11 is 0. The van der Waals surface area contributed by atoms with Gasteiger partial charge in [0.2, 0.25) is 5.91 Å². The third kappa shape index (κ3) is 3.95. The number of benzene rings is 1. The minimum atomic E-state index is -1.07. The number of hydrogen-bond donors (Lipinski definition) is 2. The summed E-state index contributed by atoms with van der Waals surface area (Å²) in [5, 5.41) is 11.9. The molecule has 2 amide bonds. The van der Waals surface area contributed by atoms with Crippen LogP contribution >= 0.6 is 0 Å². The molecular weight excluding hydrogens is 384 g/mol. The van der Waals surface area contributed by atoms with E-state index in [2.05, 4.69) is 15.2 Å².